The minimum absolute atomic E-state index is 0. The Balaban J connectivity index is 0.00000121. The number of halogens is 1. The summed E-state index contributed by atoms with van der Waals surface area (Å²) in [5.41, 5.74) is 1.45. The Labute approximate surface area is 95.1 Å². The van der Waals surface area contributed by atoms with E-state index in [4.69, 9.17) is 0 Å². The van der Waals surface area contributed by atoms with Gasteiger partial charge in [0.05, 0.1) is 0 Å². The second-order valence-electron chi connectivity index (χ2n) is 2.63. The van der Waals surface area contributed by atoms with Crippen LogP contribution in [0.4, 0.5) is 0 Å². The number of unbranched alkanes of at least 4 members (excludes halogenated alkanes) is 1. The zero-order chi connectivity index (χ0) is 7.94. The Morgan fingerprint density at radius 3 is 2.25 bits per heavy atom. The maximum absolute atomic E-state index is 3.42. The molecule has 0 amide bonds. The van der Waals surface area contributed by atoms with Gasteiger partial charge in [0.2, 0.25) is 0 Å². The summed E-state index contributed by atoms with van der Waals surface area (Å²) in [5, 5.41) is 1.12. The fraction of sp³-hybridized carbons (Fsp3) is 0.400. The van der Waals surface area contributed by atoms with Crippen LogP contribution in [0.15, 0.2) is 30.3 Å². The molecule has 0 atom stereocenters. The van der Waals surface area contributed by atoms with Crippen molar-refractivity contribution < 1.29 is 0 Å². The summed E-state index contributed by atoms with van der Waals surface area (Å²) in [4.78, 5) is 0. The third-order valence-electron chi connectivity index (χ3n) is 1.69. The first-order valence-electron chi connectivity index (χ1n) is 4.03. The van der Waals surface area contributed by atoms with E-state index in [1.165, 1.54) is 24.8 Å². The van der Waals surface area contributed by atoms with E-state index in [1.54, 1.807) is 0 Å². The molecule has 0 saturated heterocycles. The summed E-state index contributed by atoms with van der Waals surface area (Å²) in [6.07, 6.45) is 3.77. The molecule has 1 aromatic carbocycles. The average Bonchev–Trinajstić information content (AvgIpc) is 2.07. The molecule has 0 heterocycles. The fourth-order valence-electron chi connectivity index (χ4n) is 1.07. The molecule has 2 heteroatoms. The van der Waals surface area contributed by atoms with E-state index < -0.39 is 0 Å². The summed E-state index contributed by atoms with van der Waals surface area (Å²) in [5.74, 6) is 0. The van der Waals surface area contributed by atoms with Gasteiger partial charge in [-0.3, -0.25) is 0 Å². The molecule has 1 rings (SSSR count). The monoisotopic (exact) mass is 220 g/mol. The molecule has 0 nitrogen and oxygen atoms in total. The first kappa shape index (κ1) is 12.3. The second-order valence-corrected chi connectivity index (χ2v) is 3.42. The molecule has 0 saturated carbocycles. The van der Waals surface area contributed by atoms with Crippen molar-refractivity contribution in [1.82, 2.24) is 0 Å². The number of rotatable bonds is 4. The average molecular weight is 221 g/mol. The van der Waals surface area contributed by atoms with Crippen LogP contribution in [-0.4, -0.2) is 24.2 Å². The Hall–Kier alpha value is 0.297. The molecule has 0 unspecified atom stereocenters. The first-order chi connectivity index (χ1) is 5.43. The van der Waals surface area contributed by atoms with Gasteiger partial charge in [-0.05, 0) is 24.8 Å². The van der Waals surface area contributed by atoms with Crippen molar-refractivity contribution in [2.75, 3.05) is 5.33 Å². The third-order valence-corrected chi connectivity index (χ3v) is 2.25. The van der Waals surface area contributed by atoms with Crippen molar-refractivity contribution in [3.63, 3.8) is 0 Å². The van der Waals surface area contributed by atoms with Crippen molar-refractivity contribution in [2.24, 2.45) is 0 Å². The van der Waals surface area contributed by atoms with Crippen LogP contribution in [0.5, 0.6) is 0 Å². The van der Waals surface area contributed by atoms with Crippen LogP contribution in [-0.2, 0) is 6.42 Å². The summed E-state index contributed by atoms with van der Waals surface area (Å²) in [7, 11) is 0. The van der Waals surface area contributed by atoms with Gasteiger partial charge in [-0.15, -0.1) is 0 Å². The molecule has 0 bridgehead atoms. The van der Waals surface area contributed by atoms with E-state index in [2.05, 4.69) is 46.3 Å². The Morgan fingerprint density at radius 2 is 1.67 bits per heavy atom. The molecule has 0 fully saturated rings. The van der Waals surface area contributed by atoms with Gasteiger partial charge in [0.25, 0.3) is 0 Å². The Morgan fingerprint density at radius 1 is 1.00 bits per heavy atom. The zero-order valence-electron chi connectivity index (χ0n) is 6.59. The van der Waals surface area contributed by atoms with Crippen molar-refractivity contribution in [2.45, 2.75) is 19.3 Å². The summed E-state index contributed by atoms with van der Waals surface area (Å²) in [6, 6.07) is 10.6. The molecule has 0 aliphatic heterocycles. The standard InChI is InChI=1S/C10H13Br.Li.H/c11-9-5-4-8-10-6-2-1-3-7-10;;/h1-3,6-7H,4-5,8-9H2;;. The number of hydrogen-bond donors (Lipinski definition) is 0. The van der Waals surface area contributed by atoms with Crippen LogP contribution in [0.2, 0.25) is 0 Å². The van der Waals surface area contributed by atoms with Gasteiger partial charge >= 0.3 is 18.9 Å². The van der Waals surface area contributed by atoms with Gasteiger partial charge < -0.3 is 0 Å². The number of hydrogen-bond acceptors (Lipinski definition) is 0. The zero-order valence-corrected chi connectivity index (χ0v) is 8.18. The van der Waals surface area contributed by atoms with Gasteiger partial charge in [0, 0.05) is 5.33 Å². The van der Waals surface area contributed by atoms with E-state index in [0.29, 0.717) is 0 Å². The maximum atomic E-state index is 3.42. The van der Waals surface area contributed by atoms with E-state index >= 15 is 0 Å². The topological polar surface area (TPSA) is 0 Å². The molecule has 0 spiro atoms. The molecule has 62 valence electrons. The van der Waals surface area contributed by atoms with Gasteiger partial charge in [-0.2, -0.15) is 0 Å². The number of aryl methyl sites for hydroxylation is 1. The Bertz CT molecular complexity index is 186. The normalized spacial score (nSPS) is 9.08. The first-order valence-corrected chi connectivity index (χ1v) is 5.15. The van der Waals surface area contributed by atoms with Crippen LogP contribution in [0.3, 0.4) is 0 Å². The summed E-state index contributed by atoms with van der Waals surface area (Å²) in [6.45, 7) is 0. The van der Waals surface area contributed by atoms with Crippen LogP contribution in [0, 0.1) is 0 Å². The number of benzene rings is 1. The minimum atomic E-state index is 0. The van der Waals surface area contributed by atoms with Crippen molar-refractivity contribution in [3.05, 3.63) is 35.9 Å². The molecular formula is C10H14BrLi. The van der Waals surface area contributed by atoms with Crippen LogP contribution in [0.1, 0.15) is 18.4 Å². The van der Waals surface area contributed by atoms with Gasteiger partial charge in [0.15, 0.2) is 0 Å². The van der Waals surface area contributed by atoms with E-state index in [-0.39, 0.29) is 18.9 Å². The number of alkyl halides is 1. The predicted molar refractivity (Wildman–Crippen MR) is 60.3 cm³/mol. The molecule has 0 N–H and O–H groups in total. The molecule has 12 heavy (non-hydrogen) atoms. The molecule has 0 aliphatic carbocycles. The van der Waals surface area contributed by atoms with Gasteiger partial charge in [0.1, 0.15) is 0 Å². The van der Waals surface area contributed by atoms with Crippen molar-refractivity contribution in [3.8, 4) is 0 Å². The van der Waals surface area contributed by atoms with Crippen LogP contribution >= 0.6 is 15.9 Å². The molecule has 0 radical (unpaired) electrons. The third kappa shape index (κ3) is 5.03. The van der Waals surface area contributed by atoms with E-state index in [9.17, 15) is 0 Å². The van der Waals surface area contributed by atoms with E-state index in [1.807, 2.05) is 0 Å². The molecular weight excluding hydrogens is 207 g/mol. The van der Waals surface area contributed by atoms with Crippen molar-refractivity contribution >= 4 is 34.8 Å². The van der Waals surface area contributed by atoms with Crippen LogP contribution < -0.4 is 0 Å². The van der Waals surface area contributed by atoms with Gasteiger partial charge in [-0.25, -0.2) is 0 Å². The molecule has 0 aromatic heterocycles. The summed E-state index contributed by atoms with van der Waals surface area (Å²) >= 11 is 3.42. The molecule has 0 aliphatic rings. The van der Waals surface area contributed by atoms with E-state index in [0.717, 1.165) is 5.33 Å². The second kappa shape index (κ2) is 7.92. The van der Waals surface area contributed by atoms with Crippen molar-refractivity contribution in [1.29, 1.82) is 0 Å². The van der Waals surface area contributed by atoms with Gasteiger partial charge in [-0.1, -0.05) is 46.3 Å². The molecule has 1 aromatic rings. The Kier molecular flexibility index (Phi) is 8.12. The van der Waals surface area contributed by atoms with Crippen LogP contribution in [0.25, 0.3) is 0 Å². The fourth-order valence-corrected chi connectivity index (χ4v) is 1.46. The predicted octanol–water partition coefficient (Wildman–Crippen LogP) is 2.76. The summed E-state index contributed by atoms with van der Waals surface area (Å²) < 4.78 is 0. The SMILES string of the molecule is BrCCCCc1ccccc1.[LiH]. The quantitative estimate of drug-likeness (QED) is 0.416.